The monoisotopic (exact) mass is 482 g/mol. The van der Waals surface area contributed by atoms with Crippen LogP contribution in [0.2, 0.25) is 0 Å². The molecule has 0 aliphatic carbocycles. The summed E-state index contributed by atoms with van der Waals surface area (Å²) in [7, 11) is 0. The Kier molecular flexibility index (Phi) is 6.91. The Morgan fingerprint density at radius 2 is 1.66 bits per heavy atom. The molecule has 1 unspecified atom stereocenters. The van der Waals surface area contributed by atoms with Crippen LogP contribution in [0.5, 0.6) is 0 Å². The quantitative estimate of drug-likeness (QED) is 0.638. The molecule has 2 rings (SSSR count). The lowest BCUT2D eigenvalue weighted by molar-refractivity contribution is -0.143. The average Bonchev–Trinajstić information content (AvgIpc) is 2.76. The van der Waals surface area contributed by atoms with Crippen LogP contribution >= 0.6 is 15.9 Å². The van der Waals surface area contributed by atoms with Gasteiger partial charge >= 0.3 is 12.3 Å². The van der Waals surface area contributed by atoms with Gasteiger partial charge in [0.15, 0.2) is 5.69 Å². The van der Waals surface area contributed by atoms with Gasteiger partial charge in [0.2, 0.25) is 5.91 Å². The van der Waals surface area contributed by atoms with E-state index in [4.69, 9.17) is 4.74 Å². The molecule has 0 radical (unpaired) electrons. The fraction of sp³-hybridized carbons (Fsp3) is 0.722. The number of hydrogen-bond donors (Lipinski definition) is 0. The molecule has 0 N–H and O–H groups in total. The zero-order chi connectivity index (χ0) is 22.1. The molecule has 1 saturated heterocycles. The van der Waals surface area contributed by atoms with Crippen molar-refractivity contribution >= 4 is 27.9 Å². The number of amides is 2. The summed E-state index contributed by atoms with van der Waals surface area (Å²) in [6.45, 7) is 9.74. The first-order valence-electron chi connectivity index (χ1n) is 9.31. The molecule has 0 aromatic carbocycles. The van der Waals surface area contributed by atoms with Crippen LogP contribution in [0, 0.1) is 6.92 Å². The molecule has 1 fully saturated rings. The third-order valence-electron chi connectivity index (χ3n) is 4.53. The largest absolute Gasteiger partial charge is 0.444 e. The van der Waals surface area contributed by atoms with Crippen LogP contribution in [0.25, 0.3) is 0 Å². The van der Waals surface area contributed by atoms with Gasteiger partial charge in [-0.05, 0) is 57.0 Å². The van der Waals surface area contributed by atoms with E-state index in [0.717, 1.165) is 4.68 Å². The van der Waals surface area contributed by atoms with Gasteiger partial charge in [-0.3, -0.25) is 9.48 Å². The molecule has 2 heterocycles. The second kappa shape index (κ2) is 8.53. The van der Waals surface area contributed by atoms with Crippen molar-refractivity contribution in [3.63, 3.8) is 0 Å². The zero-order valence-corrected chi connectivity index (χ0v) is 18.7. The molecule has 1 aliphatic heterocycles. The Balaban J connectivity index is 2.10. The highest BCUT2D eigenvalue weighted by Crippen LogP contribution is 2.36. The van der Waals surface area contributed by atoms with Crippen molar-refractivity contribution in [3.05, 3.63) is 15.9 Å². The van der Waals surface area contributed by atoms with E-state index in [2.05, 4.69) is 21.0 Å². The second-order valence-corrected chi connectivity index (χ2v) is 8.81. The molecule has 29 heavy (non-hydrogen) atoms. The summed E-state index contributed by atoms with van der Waals surface area (Å²) in [4.78, 5) is 28.3. The predicted molar refractivity (Wildman–Crippen MR) is 103 cm³/mol. The summed E-state index contributed by atoms with van der Waals surface area (Å²) in [5.41, 5.74) is -1.45. The van der Waals surface area contributed by atoms with Gasteiger partial charge < -0.3 is 14.5 Å². The Labute approximate surface area is 176 Å². The number of rotatable bonds is 2. The SMILES string of the molecule is Cc1c(Br)c(C(F)(F)F)nn1C(C)C(=O)N1CCCN(C(=O)OC(C)(C)C)CC1. The van der Waals surface area contributed by atoms with Crippen LogP contribution in [0.3, 0.4) is 0 Å². The van der Waals surface area contributed by atoms with Crippen molar-refractivity contribution in [3.8, 4) is 0 Å². The second-order valence-electron chi connectivity index (χ2n) is 8.01. The summed E-state index contributed by atoms with van der Waals surface area (Å²) < 4.78 is 45.6. The lowest BCUT2D eigenvalue weighted by Gasteiger charge is -2.27. The van der Waals surface area contributed by atoms with E-state index in [1.54, 1.807) is 30.6 Å². The number of aromatic nitrogens is 2. The van der Waals surface area contributed by atoms with Crippen molar-refractivity contribution in [2.24, 2.45) is 0 Å². The normalized spacial score (nSPS) is 17.1. The van der Waals surface area contributed by atoms with E-state index in [1.165, 1.54) is 13.8 Å². The first kappa shape index (κ1) is 23.5. The Morgan fingerprint density at radius 3 is 2.17 bits per heavy atom. The molecule has 1 aromatic heterocycles. The topological polar surface area (TPSA) is 67.7 Å². The van der Waals surface area contributed by atoms with Gasteiger partial charge in [0.25, 0.3) is 0 Å². The summed E-state index contributed by atoms with van der Waals surface area (Å²) in [5.74, 6) is -0.345. The minimum atomic E-state index is -4.62. The Bertz CT molecular complexity index is 774. The minimum Gasteiger partial charge on any atom is -0.444 e. The highest BCUT2D eigenvalue weighted by molar-refractivity contribution is 9.10. The third kappa shape index (κ3) is 5.64. The molecule has 0 saturated carbocycles. The lowest BCUT2D eigenvalue weighted by atomic mass is 10.2. The van der Waals surface area contributed by atoms with Gasteiger partial charge in [0.1, 0.15) is 11.6 Å². The number of ether oxygens (including phenoxy) is 1. The molecular weight excluding hydrogens is 457 g/mol. The molecule has 11 heteroatoms. The minimum absolute atomic E-state index is 0.170. The fourth-order valence-electron chi connectivity index (χ4n) is 3.07. The smallest absolute Gasteiger partial charge is 0.436 e. The van der Waals surface area contributed by atoms with Gasteiger partial charge in [0, 0.05) is 26.2 Å². The van der Waals surface area contributed by atoms with Crippen LogP contribution in [-0.2, 0) is 15.7 Å². The van der Waals surface area contributed by atoms with Gasteiger partial charge in [-0.2, -0.15) is 18.3 Å². The summed E-state index contributed by atoms with van der Waals surface area (Å²) in [6.07, 6.45) is -4.51. The van der Waals surface area contributed by atoms with Crippen LogP contribution in [0.4, 0.5) is 18.0 Å². The van der Waals surface area contributed by atoms with E-state index < -0.39 is 29.6 Å². The Morgan fingerprint density at radius 1 is 1.10 bits per heavy atom. The number of carbonyl (C=O) groups is 2. The van der Waals surface area contributed by atoms with Gasteiger partial charge in [0.05, 0.1) is 10.2 Å². The highest BCUT2D eigenvalue weighted by atomic mass is 79.9. The van der Waals surface area contributed by atoms with Crippen molar-refractivity contribution in [1.29, 1.82) is 0 Å². The number of halogens is 4. The lowest BCUT2D eigenvalue weighted by Crippen LogP contribution is -2.41. The summed E-state index contributed by atoms with van der Waals surface area (Å²) in [6, 6.07) is -0.907. The van der Waals surface area contributed by atoms with Crippen molar-refractivity contribution in [1.82, 2.24) is 19.6 Å². The van der Waals surface area contributed by atoms with Crippen LogP contribution in [-0.4, -0.2) is 63.4 Å². The molecule has 1 atom stereocenters. The number of hydrogen-bond acceptors (Lipinski definition) is 4. The molecule has 2 amide bonds. The van der Waals surface area contributed by atoms with Crippen molar-refractivity contribution in [2.75, 3.05) is 26.2 Å². The Hall–Kier alpha value is -1.78. The van der Waals surface area contributed by atoms with Crippen LogP contribution < -0.4 is 0 Å². The molecule has 0 spiro atoms. The van der Waals surface area contributed by atoms with E-state index in [1.807, 2.05) is 0 Å². The fourth-order valence-corrected chi connectivity index (χ4v) is 3.56. The molecular formula is C18H26BrF3N4O3. The van der Waals surface area contributed by atoms with E-state index >= 15 is 0 Å². The average molecular weight is 483 g/mol. The molecule has 0 bridgehead atoms. The van der Waals surface area contributed by atoms with Crippen molar-refractivity contribution in [2.45, 2.75) is 58.9 Å². The van der Waals surface area contributed by atoms with E-state index in [0.29, 0.717) is 26.1 Å². The first-order valence-corrected chi connectivity index (χ1v) is 10.1. The predicted octanol–water partition coefficient (Wildman–Crippen LogP) is 4.00. The number of alkyl halides is 3. The maximum atomic E-state index is 13.1. The molecule has 1 aromatic rings. The number of nitrogens with zero attached hydrogens (tertiary/aromatic N) is 4. The maximum Gasteiger partial charge on any atom is 0.436 e. The standard InChI is InChI=1S/C18H26BrF3N4O3/c1-11-13(19)14(18(20,21)22)23-26(11)12(2)15(27)24-7-6-8-25(10-9-24)16(28)29-17(3,4)5/h12H,6-10H2,1-5H3. The van der Waals surface area contributed by atoms with Gasteiger partial charge in [-0.1, -0.05) is 0 Å². The van der Waals surface area contributed by atoms with Crippen LogP contribution in [0.1, 0.15) is 51.5 Å². The number of carbonyl (C=O) groups excluding carboxylic acids is 2. The highest BCUT2D eigenvalue weighted by Gasteiger charge is 2.39. The summed E-state index contributed by atoms with van der Waals surface area (Å²) >= 11 is 2.92. The third-order valence-corrected chi connectivity index (χ3v) is 5.48. The molecule has 7 nitrogen and oxygen atoms in total. The van der Waals surface area contributed by atoms with Crippen molar-refractivity contribution < 1.29 is 27.5 Å². The van der Waals surface area contributed by atoms with Gasteiger partial charge in [-0.25, -0.2) is 4.79 Å². The van der Waals surface area contributed by atoms with Gasteiger partial charge in [-0.15, -0.1) is 0 Å². The maximum absolute atomic E-state index is 13.1. The molecule has 164 valence electrons. The van der Waals surface area contributed by atoms with E-state index in [9.17, 15) is 22.8 Å². The molecule has 1 aliphatic rings. The van der Waals surface area contributed by atoms with Crippen LogP contribution in [0.15, 0.2) is 4.47 Å². The first-order chi connectivity index (χ1) is 13.2. The summed E-state index contributed by atoms with van der Waals surface area (Å²) in [5, 5.41) is 3.62. The van der Waals surface area contributed by atoms with E-state index in [-0.39, 0.29) is 22.6 Å². The zero-order valence-electron chi connectivity index (χ0n) is 17.1.